The van der Waals surface area contributed by atoms with Crippen molar-refractivity contribution in [2.75, 3.05) is 16.7 Å². The Hall–Kier alpha value is -1.67. The molecule has 2 heterocycles. The van der Waals surface area contributed by atoms with E-state index in [-0.39, 0.29) is 51.4 Å². The first-order chi connectivity index (χ1) is 18.1. The molecule has 0 saturated heterocycles. The number of rotatable bonds is 8. The monoisotopic (exact) mass is 607 g/mol. The van der Waals surface area contributed by atoms with E-state index < -0.39 is 42.8 Å². The van der Waals surface area contributed by atoms with Gasteiger partial charge in [-0.05, 0) is 31.6 Å². The number of fused-ring (bicyclic) bond motifs is 2. The fraction of sp³-hybridized carbons (Fsp3) is 0.276. The van der Waals surface area contributed by atoms with E-state index in [1.807, 2.05) is 82.3 Å². The molecule has 0 atom stereocenters. The summed E-state index contributed by atoms with van der Waals surface area (Å²) in [6.45, 7) is 7.97. The van der Waals surface area contributed by atoms with E-state index in [4.69, 9.17) is 0 Å². The molecule has 2 aliphatic rings. The van der Waals surface area contributed by atoms with Crippen molar-refractivity contribution in [2.24, 2.45) is 0 Å². The van der Waals surface area contributed by atoms with Crippen molar-refractivity contribution in [3.8, 4) is 0 Å². The second-order valence-electron chi connectivity index (χ2n) is 10.6. The molecule has 0 aliphatic carbocycles. The van der Waals surface area contributed by atoms with E-state index in [9.17, 15) is 25.9 Å². The van der Waals surface area contributed by atoms with Gasteiger partial charge >= 0.3 is 51.4 Å². The van der Waals surface area contributed by atoms with Crippen LogP contribution in [0, 0.1) is 0 Å². The standard InChI is InChI=1S/C29H32N2O6S2.K/c1-28(2)22-14-10-12-16-24(22)30(20-38(32,33)34)26(28)18-8-6-5-7-9-19-27-29(3,4)23-15-11-13-17-25(23)31(27)21-39(35,36)37;/h5-19H,20-21H2,1-4H3,(H-,32,33,34,35,36,37);/q;+1. The molecule has 8 nitrogen and oxygen atoms in total. The first kappa shape index (κ1) is 32.8. The number of nitrogens with zero attached hydrogens (tertiary/aromatic N) is 2. The van der Waals surface area contributed by atoms with Crippen molar-refractivity contribution in [1.82, 2.24) is 0 Å². The molecule has 1 N–H and O–H groups in total. The molecular weight excluding hydrogens is 576 g/mol. The molecular formula is C29H32KN2O6S2+. The second kappa shape index (κ2) is 12.3. The summed E-state index contributed by atoms with van der Waals surface area (Å²) in [6, 6.07) is 14.9. The van der Waals surface area contributed by atoms with Gasteiger partial charge in [-0.15, -0.1) is 0 Å². The fourth-order valence-electron chi connectivity index (χ4n) is 5.37. The van der Waals surface area contributed by atoms with E-state index >= 15 is 0 Å². The van der Waals surface area contributed by atoms with Crippen LogP contribution in [0.4, 0.5) is 11.4 Å². The third-order valence-corrected chi connectivity index (χ3v) is 8.29. The number of anilines is 1. The summed E-state index contributed by atoms with van der Waals surface area (Å²) in [4.78, 5) is 1.60. The van der Waals surface area contributed by atoms with Gasteiger partial charge in [0.05, 0.1) is 5.41 Å². The van der Waals surface area contributed by atoms with Crippen LogP contribution in [0.25, 0.3) is 0 Å². The fourth-order valence-corrected chi connectivity index (χ4v) is 6.57. The average Bonchev–Trinajstić information content (AvgIpc) is 3.16. The summed E-state index contributed by atoms with van der Waals surface area (Å²) in [7, 11) is -8.76. The van der Waals surface area contributed by atoms with Gasteiger partial charge in [0.15, 0.2) is 21.7 Å². The summed E-state index contributed by atoms with van der Waals surface area (Å²) in [5.74, 6) is -1.19. The molecule has 206 valence electrons. The molecule has 0 amide bonds. The van der Waals surface area contributed by atoms with Gasteiger partial charge in [-0.2, -0.15) is 13.0 Å². The Balaban J connectivity index is 0.00000441. The normalized spacial score (nSPS) is 19.1. The average molecular weight is 608 g/mol. The molecule has 40 heavy (non-hydrogen) atoms. The van der Waals surface area contributed by atoms with E-state index in [1.54, 1.807) is 45.9 Å². The first-order valence-corrected chi connectivity index (χ1v) is 15.5. The molecule has 0 aromatic heterocycles. The maximum absolute atomic E-state index is 11.7. The third kappa shape index (κ3) is 7.03. The third-order valence-electron chi connectivity index (χ3n) is 7.13. The molecule has 0 radical (unpaired) electrons. The van der Waals surface area contributed by atoms with Gasteiger partial charge in [0.2, 0.25) is 11.6 Å². The van der Waals surface area contributed by atoms with Crippen molar-refractivity contribution in [3.63, 3.8) is 0 Å². The largest absolute Gasteiger partial charge is 1.00 e. The predicted molar refractivity (Wildman–Crippen MR) is 153 cm³/mol. The number of benzene rings is 2. The summed E-state index contributed by atoms with van der Waals surface area (Å²) in [6.07, 6.45) is 12.6. The first-order valence-electron chi connectivity index (χ1n) is 12.4. The van der Waals surface area contributed by atoms with Gasteiger partial charge in [-0.25, -0.2) is 8.42 Å². The zero-order chi connectivity index (χ0) is 28.6. The number of hydrogen-bond acceptors (Lipinski definition) is 6. The number of para-hydroxylation sites is 2. The van der Waals surface area contributed by atoms with Crippen LogP contribution in [-0.2, 0) is 31.1 Å². The Morgan fingerprint density at radius 3 is 2.08 bits per heavy atom. The SMILES string of the molecule is CC1(C)C(/C=C/C=C/C=C/C=C2/N(CS(=O)(=O)O)c3ccccc3C2(C)C)=[N+](CS(=O)(=O)[O-])c2ccccc21.[K+]. The topological polar surface area (TPSA) is 118 Å². The second-order valence-corrected chi connectivity index (χ2v) is 13.4. The van der Waals surface area contributed by atoms with E-state index in [0.717, 1.165) is 22.5 Å². The minimum atomic E-state index is -4.50. The smallest absolute Gasteiger partial charge is 0.743 e. The van der Waals surface area contributed by atoms with Gasteiger partial charge in [0.1, 0.15) is 0 Å². The van der Waals surface area contributed by atoms with Crippen LogP contribution in [0.15, 0.2) is 96.8 Å². The van der Waals surface area contributed by atoms with Crippen molar-refractivity contribution < 1.29 is 81.9 Å². The molecule has 0 saturated carbocycles. The molecule has 2 aromatic rings. The minimum Gasteiger partial charge on any atom is -0.743 e. The van der Waals surface area contributed by atoms with Crippen molar-refractivity contribution >= 4 is 37.3 Å². The van der Waals surface area contributed by atoms with E-state index in [2.05, 4.69) is 0 Å². The Kier molecular flexibility index (Phi) is 10.1. The van der Waals surface area contributed by atoms with Crippen LogP contribution in [0.5, 0.6) is 0 Å². The van der Waals surface area contributed by atoms with Crippen LogP contribution >= 0.6 is 0 Å². The summed E-state index contributed by atoms with van der Waals surface area (Å²) in [5, 5.41) is 0. The van der Waals surface area contributed by atoms with Crippen LogP contribution in [0.2, 0.25) is 0 Å². The Bertz CT molecular complexity index is 1670. The van der Waals surface area contributed by atoms with Crippen LogP contribution in [0.3, 0.4) is 0 Å². The molecule has 2 aromatic carbocycles. The van der Waals surface area contributed by atoms with E-state index in [1.165, 1.54) is 0 Å². The van der Waals surface area contributed by atoms with Gasteiger partial charge in [0, 0.05) is 34.5 Å². The molecule has 0 unspecified atom stereocenters. The molecule has 2 aliphatic heterocycles. The minimum absolute atomic E-state index is 0. The van der Waals surface area contributed by atoms with Crippen LogP contribution in [0.1, 0.15) is 38.8 Å². The summed E-state index contributed by atoms with van der Waals surface area (Å²) in [5.41, 5.74) is 3.81. The quantitative estimate of drug-likeness (QED) is 0.210. The van der Waals surface area contributed by atoms with Gasteiger partial charge < -0.3 is 9.45 Å². The Morgan fingerprint density at radius 2 is 1.43 bits per heavy atom. The van der Waals surface area contributed by atoms with Crippen LogP contribution in [-0.4, -0.2) is 48.0 Å². The Labute approximate surface area is 279 Å². The Morgan fingerprint density at radius 1 is 0.850 bits per heavy atom. The van der Waals surface area contributed by atoms with Crippen molar-refractivity contribution in [3.05, 3.63) is 108 Å². The number of hydrogen-bond donors (Lipinski definition) is 1. The zero-order valence-electron chi connectivity index (χ0n) is 23.3. The van der Waals surface area contributed by atoms with Crippen molar-refractivity contribution in [1.29, 1.82) is 0 Å². The van der Waals surface area contributed by atoms with Gasteiger partial charge in [-0.3, -0.25) is 4.55 Å². The molecule has 4 rings (SSSR count). The van der Waals surface area contributed by atoms with E-state index in [0.29, 0.717) is 11.4 Å². The van der Waals surface area contributed by atoms with Gasteiger partial charge in [0.25, 0.3) is 10.1 Å². The molecule has 0 bridgehead atoms. The summed E-state index contributed by atoms with van der Waals surface area (Å²) >= 11 is 0. The van der Waals surface area contributed by atoms with Crippen molar-refractivity contribution in [2.45, 2.75) is 38.5 Å². The zero-order valence-corrected chi connectivity index (χ0v) is 28.0. The summed E-state index contributed by atoms with van der Waals surface area (Å²) < 4.78 is 69.4. The predicted octanol–water partition coefficient (Wildman–Crippen LogP) is 1.77. The number of allylic oxidation sites excluding steroid dienone is 8. The molecule has 0 spiro atoms. The molecule has 11 heteroatoms. The van der Waals surface area contributed by atoms with Crippen LogP contribution < -0.4 is 56.3 Å². The maximum atomic E-state index is 11.7. The maximum Gasteiger partial charge on any atom is 1.00 e. The molecule has 0 fully saturated rings. The van der Waals surface area contributed by atoms with Gasteiger partial charge in [-0.1, -0.05) is 80.6 Å².